The molecule has 1 heterocycles. The molecule has 0 spiro atoms. The van der Waals surface area contributed by atoms with E-state index in [4.69, 9.17) is 9.15 Å². The SMILES string of the molecule is COC(C)CCc1nnc(CCNC2CC2)o1. The van der Waals surface area contributed by atoms with Crippen LogP contribution < -0.4 is 5.32 Å². The Kier molecular flexibility index (Phi) is 4.50. The monoisotopic (exact) mass is 239 g/mol. The number of ether oxygens (including phenoxy) is 1. The summed E-state index contributed by atoms with van der Waals surface area (Å²) < 4.78 is 10.7. The van der Waals surface area contributed by atoms with Gasteiger partial charge in [0, 0.05) is 32.5 Å². The average Bonchev–Trinajstić information content (AvgIpc) is 3.05. The second-order valence-electron chi connectivity index (χ2n) is 4.65. The van der Waals surface area contributed by atoms with Crippen molar-refractivity contribution in [2.24, 2.45) is 0 Å². The van der Waals surface area contributed by atoms with E-state index in [-0.39, 0.29) is 6.10 Å². The lowest BCUT2D eigenvalue weighted by Crippen LogP contribution is -2.19. The maximum Gasteiger partial charge on any atom is 0.217 e. The van der Waals surface area contributed by atoms with Crippen molar-refractivity contribution >= 4 is 0 Å². The molecule has 1 aliphatic carbocycles. The first-order chi connectivity index (χ1) is 8.28. The molecule has 1 N–H and O–H groups in total. The van der Waals surface area contributed by atoms with Gasteiger partial charge in [0.25, 0.3) is 0 Å². The van der Waals surface area contributed by atoms with Crippen molar-refractivity contribution in [2.45, 2.75) is 51.2 Å². The van der Waals surface area contributed by atoms with Crippen molar-refractivity contribution < 1.29 is 9.15 Å². The first-order valence-electron chi connectivity index (χ1n) is 6.35. The minimum atomic E-state index is 0.238. The Morgan fingerprint density at radius 2 is 2.06 bits per heavy atom. The van der Waals surface area contributed by atoms with Crippen LogP contribution in [0.25, 0.3) is 0 Å². The predicted octanol–water partition coefficient (Wildman–Crippen LogP) is 1.33. The van der Waals surface area contributed by atoms with Gasteiger partial charge in [-0.15, -0.1) is 10.2 Å². The Bertz CT molecular complexity index is 336. The summed E-state index contributed by atoms with van der Waals surface area (Å²) in [6.07, 6.45) is 5.38. The van der Waals surface area contributed by atoms with Gasteiger partial charge in [0.1, 0.15) is 0 Å². The molecule has 2 rings (SSSR count). The molecule has 96 valence electrons. The van der Waals surface area contributed by atoms with Crippen LogP contribution in [0.4, 0.5) is 0 Å². The summed E-state index contributed by atoms with van der Waals surface area (Å²) in [6.45, 7) is 2.97. The fourth-order valence-corrected chi connectivity index (χ4v) is 1.61. The molecule has 5 nitrogen and oxygen atoms in total. The molecule has 17 heavy (non-hydrogen) atoms. The smallest absolute Gasteiger partial charge is 0.217 e. The van der Waals surface area contributed by atoms with Crippen molar-refractivity contribution in [2.75, 3.05) is 13.7 Å². The molecule has 0 bridgehead atoms. The number of hydrogen-bond donors (Lipinski definition) is 1. The number of aryl methyl sites for hydroxylation is 1. The van der Waals surface area contributed by atoms with E-state index in [2.05, 4.69) is 15.5 Å². The van der Waals surface area contributed by atoms with Gasteiger partial charge in [-0.25, -0.2) is 0 Å². The van der Waals surface area contributed by atoms with E-state index in [1.54, 1.807) is 7.11 Å². The molecule has 0 amide bonds. The summed E-state index contributed by atoms with van der Waals surface area (Å²) in [6, 6.07) is 0.736. The van der Waals surface area contributed by atoms with E-state index >= 15 is 0 Å². The number of rotatable bonds is 8. The molecule has 0 radical (unpaired) electrons. The maximum atomic E-state index is 5.56. The van der Waals surface area contributed by atoms with E-state index in [1.165, 1.54) is 12.8 Å². The molecule has 1 aromatic rings. The van der Waals surface area contributed by atoms with Gasteiger partial charge >= 0.3 is 0 Å². The standard InChI is InChI=1S/C12H21N3O2/c1-9(16-2)3-6-11-14-15-12(17-11)7-8-13-10-4-5-10/h9-10,13H,3-8H2,1-2H3. The van der Waals surface area contributed by atoms with Crippen molar-refractivity contribution in [3.8, 4) is 0 Å². The van der Waals surface area contributed by atoms with Crippen molar-refractivity contribution in [3.05, 3.63) is 11.8 Å². The van der Waals surface area contributed by atoms with Crippen LogP contribution in [0.5, 0.6) is 0 Å². The van der Waals surface area contributed by atoms with Crippen molar-refractivity contribution in [1.29, 1.82) is 0 Å². The van der Waals surface area contributed by atoms with Crippen LogP contribution >= 0.6 is 0 Å². The zero-order chi connectivity index (χ0) is 12.1. The second kappa shape index (κ2) is 6.12. The van der Waals surface area contributed by atoms with Gasteiger partial charge in [0.05, 0.1) is 6.10 Å². The summed E-state index contributed by atoms with van der Waals surface area (Å²) in [5, 5.41) is 11.5. The highest BCUT2D eigenvalue weighted by Crippen LogP contribution is 2.18. The van der Waals surface area contributed by atoms with Crippen LogP contribution in [0.15, 0.2) is 4.42 Å². The summed E-state index contributed by atoms with van der Waals surface area (Å²) >= 11 is 0. The third kappa shape index (κ3) is 4.44. The molecule has 1 aliphatic rings. The molecule has 1 atom stereocenters. The highest BCUT2D eigenvalue weighted by atomic mass is 16.5. The quantitative estimate of drug-likeness (QED) is 0.741. The first kappa shape index (κ1) is 12.5. The first-order valence-corrected chi connectivity index (χ1v) is 6.35. The third-order valence-electron chi connectivity index (χ3n) is 3.03. The van der Waals surface area contributed by atoms with Gasteiger partial charge in [-0.05, 0) is 26.2 Å². The van der Waals surface area contributed by atoms with Crippen molar-refractivity contribution in [3.63, 3.8) is 0 Å². The molecular formula is C12H21N3O2. The molecule has 1 aromatic heterocycles. The molecule has 5 heteroatoms. The Labute approximate surface area is 102 Å². The molecule has 1 saturated carbocycles. The van der Waals surface area contributed by atoms with Gasteiger partial charge in [-0.3, -0.25) is 0 Å². The number of aromatic nitrogens is 2. The fourth-order valence-electron chi connectivity index (χ4n) is 1.61. The van der Waals surface area contributed by atoms with Gasteiger partial charge in [-0.2, -0.15) is 0 Å². The maximum absolute atomic E-state index is 5.56. The zero-order valence-corrected chi connectivity index (χ0v) is 10.6. The van der Waals surface area contributed by atoms with Crippen LogP contribution in [0.3, 0.4) is 0 Å². The highest BCUT2D eigenvalue weighted by Gasteiger charge is 2.20. The minimum absolute atomic E-state index is 0.238. The lowest BCUT2D eigenvalue weighted by molar-refractivity contribution is 0.109. The van der Waals surface area contributed by atoms with Gasteiger partial charge in [-0.1, -0.05) is 0 Å². The third-order valence-corrected chi connectivity index (χ3v) is 3.03. The lowest BCUT2D eigenvalue weighted by Gasteiger charge is -2.05. The zero-order valence-electron chi connectivity index (χ0n) is 10.6. The molecular weight excluding hydrogens is 218 g/mol. The van der Waals surface area contributed by atoms with E-state index in [0.717, 1.165) is 43.6 Å². The summed E-state index contributed by atoms with van der Waals surface area (Å²) in [5.74, 6) is 1.45. The lowest BCUT2D eigenvalue weighted by atomic mass is 10.2. The Hall–Kier alpha value is -0.940. The Morgan fingerprint density at radius 1 is 1.35 bits per heavy atom. The van der Waals surface area contributed by atoms with Crippen LogP contribution in [0.2, 0.25) is 0 Å². The average molecular weight is 239 g/mol. The van der Waals surface area contributed by atoms with E-state index in [1.807, 2.05) is 6.92 Å². The normalized spacial score (nSPS) is 17.3. The largest absolute Gasteiger partial charge is 0.425 e. The minimum Gasteiger partial charge on any atom is -0.425 e. The molecule has 0 aliphatic heterocycles. The summed E-state index contributed by atoms with van der Waals surface area (Å²) in [7, 11) is 1.72. The molecule has 0 saturated heterocycles. The number of methoxy groups -OCH3 is 1. The Morgan fingerprint density at radius 3 is 2.71 bits per heavy atom. The molecule has 1 fully saturated rings. The van der Waals surface area contributed by atoms with E-state index in [0.29, 0.717) is 0 Å². The topological polar surface area (TPSA) is 60.2 Å². The second-order valence-corrected chi connectivity index (χ2v) is 4.65. The van der Waals surface area contributed by atoms with Gasteiger partial charge < -0.3 is 14.5 Å². The molecule has 0 aromatic carbocycles. The van der Waals surface area contributed by atoms with Crippen LogP contribution in [0.1, 0.15) is 38.0 Å². The van der Waals surface area contributed by atoms with Gasteiger partial charge in [0.15, 0.2) is 0 Å². The predicted molar refractivity (Wildman–Crippen MR) is 63.8 cm³/mol. The fraction of sp³-hybridized carbons (Fsp3) is 0.833. The van der Waals surface area contributed by atoms with Crippen molar-refractivity contribution in [1.82, 2.24) is 15.5 Å². The summed E-state index contributed by atoms with van der Waals surface area (Å²) in [5.41, 5.74) is 0. The number of nitrogens with one attached hydrogen (secondary N) is 1. The Balaban J connectivity index is 1.67. The number of hydrogen-bond acceptors (Lipinski definition) is 5. The van der Waals surface area contributed by atoms with Gasteiger partial charge in [0.2, 0.25) is 11.8 Å². The van der Waals surface area contributed by atoms with E-state index in [9.17, 15) is 0 Å². The molecule has 1 unspecified atom stereocenters. The van der Waals surface area contributed by atoms with E-state index < -0.39 is 0 Å². The van der Waals surface area contributed by atoms with Crippen LogP contribution in [-0.4, -0.2) is 36.0 Å². The highest BCUT2D eigenvalue weighted by molar-refractivity contribution is 4.86. The van der Waals surface area contributed by atoms with Crippen LogP contribution in [-0.2, 0) is 17.6 Å². The summed E-state index contributed by atoms with van der Waals surface area (Å²) in [4.78, 5) is 0. The van der Waals surface area contributed by atoms with Crippen LogP contribution in [0, 0.1) is 0 Å². The number of nitrogens with zero attached hydrogens (tertiary/aromatic N) is 2.